The summed E-state index contributed by atoms with van der Waals surface area (Å²) in [4.78, 5) is 10.9. The molecule has 0 spiro atoms. The topological polar surface area (TPSA) is 80.7 Å². The molecule has 0 amide bonds. The molecule has 0 heterocycles. The molecule has 0 saturated heterocycles. The highest BCUT2D eigenvalue weighted by Gasteiger charge is 2.62. The molecule has 2 saturated carbocycles. The van der Waals surface area contributed by atoms with Crippen LogP contribution in [0.1, 0.15) is 26.2 Å². The first-order valence-corrected chi connectivity index (χ1v) is 7.09. The van der Waals surface area contributed by atoms with Gasteiger partial charge < -0.3 is 4.74 Å². The van der Waals surface area contributed by atoms with Crippen LogP contribution in [0.5, 0.6) is 0 Å². The van der Waals surface area contributed by atoms with Gasteiger partial charge in [-0.2, -0.15) is 17.2 Å². The van der Waals surface area contributed by atoms with E-state index in [1.54, 1.807) is 0 Å². The zero-order valence-electron chi connectivity index (χ0n) is 9.68. The van der Waals surface area contributed by atoms with E-state index in [1.165, 1.54) is 6.92 Å². The molecular weight excluding hydrogens is 270 g/mol. The molecule has 2 fully saturated rings. The normalized spacial score (nSPS) is 35.8. The third kappa shape index (κ3) is 2.11. The van der Waals surface area contributed by atoms with Crippen LogP contribution in [0, 0.1) is 17.8 Å². The summed E-state index contributed by atoms with van der Waals surface area (Å²) >= 11 is 0. The van der Waals surface area contributed by atoms with Crippen molar-refractivity contribution in [2.75, 3.05) is 0 Å². The van der Waals surface area contributed by atoms with Gasteiger partial charge in [-0.25, -0.2) is 0 Å². The fourth-order valence-electron chi connectivity index (χ4n) is 3.21. The van der Waals surface area contributed by atoms with Gasteiger partial charge in [-0.3, -0.25) is 9.35 Å². The number of hydrogen-bond acceptors (Lipinski definition) is 4. The van der Waals surface area contributed by atoms with Crippen LogP contribution in [-0.2, 0) is 19.6 Å². The molecule has 0 radical (unpaired) electrons. The zero-order chi connectivity index (χ0) is 13.7. The van der Waals surface area contributed by atoms with Gasteiger partial charge in [0, 0.05) is 18.8 Å². The van der Waals surface area contributed by atoms with Crippen molar-refractivity contribution < 1.29 is 31.3 Å². The second-order valence-electron chi connectivity index (χ2n) is 5.03. The Balaban J connectivity index is 2.20. The number of carbonyl (C=O) groups is 1. The summed E-state index contributed by atoms with van der Waals surface area (Å²) in [5.41, 5.74) is 0. The summed E-state index contributed by atoms with van der Waals surface area (Å²) < 4.78 is 62.3. The highest BCUT2D eigenvalue weighted by molar-refractivity contribution is 7.86. The van der Waals surface area contributed by atoms with Gasteiger partial charge in [0.25, 0.3) is 0 Å². The molecule has 0 aromatic rings. The summed E-state index contributed by atoms with van der Waals surface area (Å²) in [7, 11) is -5.43. The molecule has 1 N–H and O–H groups in total. The molecule has 2 rings (SSSR count). The maximum Gasteiger partial charge on any atom is 0.373 e. The molecule has 104 valence electrons. The Morgan fingerprint density at radius 1 is 1.33 bits per heavy atom. The minimum absolute atomic E-state index is 0.0369. The van der Waals surface area contributed by atoms with E-state index in [-0.39, 0.29) is 12.3 Å². The van der Waals surface area contributed by atoms with Crippen molar-refractivity contribution in [3.63, 3.8) is 0 Å². The van der Waals surface area contributed by atoms with Crippen molar-refractivity contribution in [1.82, 2.24) is 0 Å². The van der Waals surface area contributed by atoms with Crippen molar-refractivity contribution in [2.24, 2.45) is 17.8 Å². The van der Waals surface area contributed by atoms with Gasteiger partial charge in [0.2, 0.25) is 0 Å². The molecule has 2 aliphatic carbocycles. The molecule has 18 heavy (non-hydrogen) atoms. The van der Waals surface area contributed by atoms with Crippen molar-refractivity contribution in [3.05, 3.63) is 0 Å². The van der Waals surface area contributed by atoms with Gasteiger partial charge in [-0.05, 0) is 25.2 Å². The molecule has 4 unspecified atom stereocenters. The summed E-state index contributed by atoms with van der Waals surface area (Å²) in [6.45, 7) is 1.18. The Bertz CT molecular complexity index is 461. The second-order valence-corrected chi connectivity index (χ2v) is 6.52. The highest BCUT2D eigenvalue weighted by Crippen LogP contribution is 2.55. The number of carbonyl (C=O) groups excluding carboxylic acids is 1. The van der Waals surface area contributed by atoms with Crippen molar-refractivity contribution in [2.45, 2.75) is 37.5 Å². The minimum Gasteiger partial charge on any atom is -0.462 e. The lowest BCUT2D eigenvalue weighted by Gasteiger charge is -2.32. The van der Waals surface area contributed by atoms with Crippen LogP contribution >= 0.6 is 0 Å². The lowest BCUT2D eigenvalue weighted by molar-refractivity contribution is -0.152. The van der Waals surface area contributed by atoms with Crippen LogP contribution in [-0.4, -0.2) is 30.3 Å². The van der Waals surface area contributed by atoms with Gasteiger partial charge in [-0.15, -0.1) is 0 Å². The molecule has 0 aliphatic heterocycles. The van der Waals surface area contributed by atoms with Crippen LogP contribution in [0.15, 0.2) is 0 Å². The molecule has 4 atom stereocenters. The average molecular weight is 284 g/mol. The quantitative estimate of drug-likeness (QED) is 0.626. The first-order valence-electron chi connectivity index (χ1n) is 5.65. The number of esters is 1. The lowest BCUT2D eigenvalue weighted by atomic mass is 9.86. The Labute approximate surface area is 103 Å². The third-order valence-corrected chi connectivity index (χ3v) is 4.84. The molecule has 2 aliphatic rings. The maximum atomic E-state index is 13.6. The van der Waals surface area contributed by atoms with Crippen LogP contribution < -0.4 is 0 Å². The molecule has 2 bridgehead atoms. The smallest absolute Gasteiger partial charge is 0.373 e. The Morgan fingerprint density at radius 2 is 1.94 bits per heavy atom. The van der Waals surface area contributed by atoms with E-state index < -0.39 is 39.3 Å². The lowest BCUT2D eigenvalue weighted by Crippen LogP contribution is -2.43. The SMILES string of the molecule is CC(=O)OC1CC2CC1C(C(F)(F)S(=O)(=O)O)C2. The van der Waals surface area contributed by atoms with Crippen LogP contribution in [0.25, 0.3) is 0 Å². The van der Waals surface area contributed by atoms with E-state index in [4.69, 9.17) is 9.29 Å². The maximum absolute atomic E-state index is 13.6. The molecular formula is C10H14F2O5S. The van der Waals surface area contributed by atoms with Crippen molar-refractivity contribution in [1.29, 1.82) is 0 Å². The largest absolute Gasteiger partial charge is 0.462 e. The molecule has 5 nitrogen and oxygen atoms in total. The molecule has 8 heteroatoms. The third-order valence-electron chi connectivity index (χ3n) is 3.85. The van der Waals surface area contributed by atoms with E-state index in [2.05, 4.69) is 0 Å². The average Bonchev–Trinajstić information content (AvgIpc) is 2.73. The van der Waals surface area contributed by atoms with E-state index in [9.17, 15) is 22.0 Å². The van der Waals surface area contributed by atoms with Crippen LogP contribution in [0.3, 0.4) is 0 Å². The predicted octanol–water partition coefficient (Wildman–Crippen LogP) is 1.44. The standard InChI is InChI=1S/C10H14F2O5S/c1-5(13)17-9-4-6-2-7(9)8(3-6)10(11,12)18(14,15)16/h6-9H,2-4H2,1H3,(H,14,15,16). The van der Waals surface area contributed by atoms with Gasteiger partial charge in [-0.1, -0.05) is 0 Å². The number of hydrogen-bond donors (Lipinski definition) is 1. The summed E-state index contributed by atoms with van der Waals surface area (Å²) in [5, 5.41) is -4.18. The zero-order valence-corrected chi connectivity index (χ0v) is 10.5. The number of ether oxygens (including phenoxy) is 1. The minimum atomic E-state index is -5.43. The predicted molar refractivity (Wildman–Crippen MR) is 56.4 cm³/mol. The van der Waals surface area contributed by atoms with Gasteiger partial charge in [0.15, 0.2) is 0 Å². The van der Waals surface area contributed by atoms with E-state index in [1.807, 2.05) is 0 Å². The summed E-state index contributed by atoms with van der Waals surface area (Å²) in [6.07, 6.45) is 0.268. The Hall–Kier alpha value is -0.760. The van der Waals surface area contributed by atoms with Crippen molar-refractivity contribution in [3.8, 4) is 0 Å². The fourth-order valence-corrected chi connectivity index (χ4v) is 3.87. The van der Waals surface area contributed by atoms with Gasteiger partial charge in [0.05, 0.1) is 0 Å². The van der Waals surface area contributed by atoms with E-state index in [0.29, 0.717) is 12.8 Å². The molecule has 0 aromatic heterocycles. The van der Waals surface area contributed by atoms with Gasteiger partial charge in [0.1, 0.15) is 6.10 Å². The summed E-state index contributed by atoms with van der Waals surface area (Å²) in [5.74, 6) is -2.81. The van der Waals surface area contributed by atoms with Gasteiger partial charge >= 0.3 is 21.3 Å². The van der Waals surface area contributed by atoms with E-state index >= 15 is 0 Å². The summed E-state index contributed by atoms with van der Waals surface area (Å²) in [6, 6.07) is 0. The fraction of sp³-hybridized carbons (Fsp3) is 0.900. The molecule has 0 aromatic carbocycles. The van der Waals surface area contributed by atoms with Crippen molar-refractivity contribution >= 4 is 16.1 Å². The van der Waals surface area contributed by atoms with Crippen LogP contribution in [0.2, 0.25) is 0 Å². The second kappa shape index (κ2) is 4.12. The van der Waals surface area contributed by atoms with Crippen LogP contribution in [0.4, 0.5) is 8.78 Å². The number of halogens is 2. The number of rotatable bonds is 3. The highest BCUT2D eigenvalue weighted by atomic mass is 32.2. The first-order chi connectivity index (χ1) is 8.13. The van der Waals surface area contributed by atoms with E-state index in [0.717, 1.165) is 0 Å². The number of fused-ring (bicyclic) bond motifs is 2. The number of alkyl halides is 2. The Kier molecular flexibility index (Phi) is 3.13. The monoisotopic (exact) mass is 284 g/mol. The Morgan fingerprint density at radius 3 is 2.39 bits per heavy atom. The first kappa shape index (κ1) is 13.7.